The number of hydrogen-bond donors (Lipinski definition) is 0. The first kappa shape index (κ1) is 35.3. The van der Waals surface area contributed by atoms with Gasteiger partial charge in [0.15, 0.2) is 0 Å². The first-order chi connectivity index (χ1) is 19.8. The maximum atomic E-state index is 14.9. The van der Waals surface area contributed by atoms with Crippen LogP contribution in [-0.2, 0) is 25.2 Å². The number of pyridine rings is 1. The number of amides is 2. The number of halogens is 4. The number of nitrogens with zero attached hydrogens (tertiary/aromatic N) is 3. The number of esters is 1. The van der Waals surface area contributed by atoms with Gasteiger partial charge in [0.05, 0.1) is 24.4 Å². The van der Waals surface area contributed by atoms with E-state index in [-0.39, 0.29) is 24.5 Å². The lowest BCUT2D eigenvalue weighted by Gasteiger charge is -2.31. The van der Waals surface area contributed by atoms with E-state index in [0.717, 1.165) is 29.0 Å². The number of aromatic nitrogens is 1. The normalized spacial score (nSPS) is 17.0. The maximum Gasteiger partial charge on any atom is 0.419 e. The summed E-state index contributed by atoms with van der Waals surface area (Å²) in [6.45, 7) is 13.7. The predicted molar refractivity (Wildman–Crippen MR) is 152 cm³/mol. The number of carbonyl (C=O) groups excluding carboxylic acids is 3. The summed E-state index contributed by atoms with van der Waals surface area (Å²) < 4.78 is 70.9. The topological polar surface area (TPSA) is 98.3 Å². The Hall–Kier alpha value is -3.90. The molecule has 1 fully saturated rings. The van der Waals surface area contributed by atoms with E-state index >= 15 is 0 Å². The smallest absolute Gasteiger partial charge is 0.419 e. The average molecular weight is 614 g/mol. The van der Waals surface area contributed by atoms with E-state index in [9.17, 15) is 31.9 Å². The van der Waals surface area contributed by atoms with E-state index in [1.807, 2.05) is 13.8 Å². The number of ether oxygens (including phenoxy) is 3. The van der Waals surface area contributed by atoms with Crippen LogP contribution in [0.4, 0.5) is 33.0 Å². The quantitative estimate of drug-likeness (QED) is 0.204. The molecule has 0 N–H and O–H groups in total. The van der Waals surface area contributed by atoms with Crippen molar-refractivity contribution in [3.63, 3.8) is 0 Å². The third-order valence-corrected chi connectivity index (χ3v) is 5.90. The molecule has 2 unspecified atom stereocenters. The Morgan fingerprint density at radius 3 is 2.05 bits per heavy atom. The van der Waals surface area contributed by atoms with Crippen LogP contribution in [0.3, 0.4) is 0 Å². The van der Waals surface area contributed by atoms with Gasteiger partial charge in [-0.25, -0.2) is 23.8 Å². The zero-order valence-corrected chi connectivity index (χ0v) is 25.8. The van der Waals surface area contributed by atoms with Crippen molar-refractivity contribution in [2.24, 2.45) is 0 Å². The lowest BCUT2D eigenvalue weighted by Crippen LogP contribution is -2.46. The molecule has 0 bridgehead atoms. The molecule has 1 aliphatic rings. The molecule has 2 aromatic rings. The Morgan fingerprint density at radius 2 is 1.51 bits per heavy atom. The molecule has 9 nitrogen and oxygen atoms in total. The SMILES string of the molecule is CC.COC(=O)C1CC(N(C(=O)OC(C)(C)C)c2cccc(-c3cccc(C(F)(F)F)c3F)n2)CN1C(=O)OC(C)(C)C. The molecule has 0 radical (unpaired) electrons. The Balaban J connectivity index is 0.00000316. The number of benzene rings is 1. The molecule has 0 aliphatic carbocycles. The number of rotatable bonds is 4. The summed E-state index contributed by atoms with van der Waals surface area (Å²) in [5.41, 5.74) is -3.92. The fourth-order valence-corrected chi connectivity index (χ4v) is 4.28. The molecular formula is C30H39F4N3O6. The van der Waals surface area contributed by atoms with Crippen molar-refractivity contribution in [1.29, 1.82) is 0 Å². The molecule has 43 heavy (non-hydrogen) atoms. The molecule has 1 aromatic carbocycles. The number of likely N-dealkylation sites (tertiary alicyclic amines) is 1. The van der Waals surface area contributed by atoms with Crippen LogP contribution < -0.4 is 4.90 Å². The summed E-state index contributed by atoms with van der Waals surface area (Å²) in [4.78, 5) is 45.7. The van der Waals surface area contributed by atoms with Crippen LogP contribution in [0.25, 0.3) is 11.3 Å². The van der Waals surface area contributed by atoms with Crippen molar-refractivity contribution >= 4 is 24.0 Å². The van der Waals surface area contributed by atoms with Crippen molar-refractivity contribution < 1.29 is 46.2 Å². The van der Waals surface area contributed by atoms with Gasteiger partial charge in [-0.3, -0.25) is 9.80 Å². The molecule has 2 amide bonds. The van der Waals surface area contributed by atoms with Crippen molar-refractivity contribution in [2.45, 2.75) is 91.3 Å². The van der Waals surface area contributed by atoms with Gasteiger partial charge in [0.25, 0.3) is 0 Å². The first-order valence-corrected chi connectivity index (χ1v) is 13.7. The number of carbonyl (C=O) groups is 3. The summed E-state index contributed by atoms with van der Waals surface area (Å²) in [6, 6.07) is 4.89. The van der Waals surface area contributed by atoms with Crippen LogP contribution in [0.15, 0.2) is 36.4 Å². The van der Waals surface area contributed by atoms with Gasteiger partial charge in [0.1, 0.15) is 28.9 Å². The number of hydrogen-bond acceptors (Lipinski definition) is 7. The zero-order chi connectivity index (χ0) is 32.9. The Morgan fingerprint density at radius 1 is 0.930 bits per heavy atom. The summed E-state index contributed by atoms with van der Waals surface area (Å²) in [7, 11) is 1.16. The standard InChI is InChI=1S/C28H33F4N3O6.C2H6/c1-26(2,3)40-24(37)34-15-16(14-20(34)23(36)39-7)35(25(38)41-27(4,5)6)21-13-9-12-19(33-21)17-10-8-11-18(22(17)29)28(30,31)32;1-2/h8-13,16,20H,14-15H2,1-7H3;1-2H3. The summed E-state index contributed by atoms with van der Waals surface area (Å²) >= 11 is 0. The highest BCUT2D eigenvalue weighted by atomic mass is 19.4. The van der Waals surface area contributed by atoms with Gasteiger partial charge < -0.3 is 14.2 Å². The van der Waals surface area contributed by atoms with E-state index < -0.39 is 64.6 Å². The lowest BCUT2D eigenvalue weighted by molar-refractivity contribution is -0.145. The van der Waals surface area contributed by atoms with E-state index in [0.29, 0.717) is 6.07 Å². The molecule has 13 heteroatoms. The molecular weight excluding hydrogens is 574 g/mol. The van der Waals surface area contributed by atoms with E-state index in [2.05, 4.69) is 4.98 Å². The van der Waals surface area contributed by atoms with Crippen LogP contribution in [-0.4, -0.2) is 65.0 Å². The van der Waals surface area contributed by atoms with Crippen molar-refractivity contribution in [3.8, 4) is 11.3 Å². The van der Waals surface area contributed by atoms with Crippen LogP contribution in [0.5, 0.6) is 0 Å². The number of anilines is 1. The van der Waals surface area contributed by atoms with Crippen molar-refractivity contribution in [1.82, 2.24) is 9.88 Å². The van der Waals surface area contributed by atoms with Crippen LogP contribution >= 0.6 is 0 Å². The number of alkyl halides is 3. The summed E-state index contributed by atoms with van der Waals surface area (Å²) in [6.07, 6.45) is -6.73. The fraction of sp³-hybridized carbons (Fsp3) is 0.533. The first-order valence-electron chi connectivity index (χ1n) is 13.7. The van der Waals surface area contributed by atoms with Gasteiger partial charge in [-0.2, -0.15) is 13.2 Å². The largest absolute Gasteiger partial charge is 0.467 e. The Kier molecular flexibility index (Phi) is 11.2. The summed E-state index contributed by atoms with van der Waals surface area (Å²) in [5.74, 6) is -2.35. The Labute approximate surface area is 249 Å². The third-order valence-electron chi connectivity index (χ3n) is 5.90. The molecule has 0 spiro atoms. The lowest BCUT2D eigenvalue weighted by atomic mass is 10.1. The fourth-order valence-electron chi connectivity index (χ4n) is 4.28. The zero-order valence-electron chi connectivity index (χ0n) is 25.8. The van der Waals surface area contributed by atoms with Gasteiger partial charge in [0, 0.05) is 18.5 Å². The Bertz CT molecular complexity index is 1300. The second-order valence-corrected chi connectivity index (χ2v) is 11.5. The van der Waals surface area contributed by atoms with Crippen LogP contribution in [0.1, 0.15) is 67.4 Å². The minimum absolute atomic E-state index is 0.0883. The predicted octanol–water partition coefficient (Wildman–Crippen LogP) is 7.23. The van der Waals surface area contributed by atoms with Crippen LogP contribution in [0, 0.1) is 5.82 Å². The molecule has 0 saturated carbocycles. The third kappa shape index (κ3) is 9.04. The van der Waals surface area contributed by atoms with Crippen molar-refractivity contribution in [3.05, 3.63) is 47.8 Å². The molecule has 2 atom stereocenters. The van der Waals surface area contributed by atoms with Crippen molar-refractivity contribution in [2.75, 3.05) is 18.6 Å². The highest BCUT2D eigenvalue weighted by Crippen LogP contribution is 2.36. The van der Waals surface area contributed by atoms with Gasteiger partial charge in [-0.1, -0.05) is 26.0 Å². The molecule has 1 aliphatic heterocycles. The minimum atomic E-state index is -4.93. The molecule has 1 aromatic heterocycles. The average Bonchev–Trinajstić information content (AvgIpc) is 3.32. The monoisotopic (exact) mass is 613 g/mol. The second kappa shape index (κ2) is 13.6. The highest BCUT2D eigenvalue weighted by Gasteiger charge is 2.47. The molecule has 238 valence electrons. The maximum absolute atomic E-state index is 14.9. The van der Waals surface area contributed by atoms with Gasteiger partial charge in [0.2, 0.25) is 0 Å². The van der Waals surface area contributed by atoms with E-state index in [4.69, 9.17) is 14.2 Å². The van der Waals surface area contributed by atoms with E-state index in [1.54, 1.807) is 41.5 Å². The minimum Gasteiger partial charge on any atom is -0.467 e. The second-order valence-electron chi connectivity index (χ2n) is 11.5. The molecule has 1 saturated heterocycles. The molecule has 2 heterocycles. The van der Waals surface area contributed by atoms with Gasteiger partial charge >= 0.3 is 24.3 Å². The van der Waals surface area contributed by atoms with Gasteiger partial charge in [-0.15, -0.1) is 0 Å². The van der Waals surface area contributed by atoms with Gasteiger partial charge in [-0.05, 0) is 65.8 Å². The highest BCUT2D eigenvalue weighted by molar-refractivity contribution is 5.89. The summed E-state index contributed by atoms with van der Waals surface area (Å²) in [5, 5.41) is 0. The number of methoxy groups -OCH3 is 1. The molecule has 3 rings (SSSR count). The van der Waals surface area contributed by atoms with E-state index in [1.165, 1.54) is 18.2 Å². The van der Waals surface area contributed by atoms with Crippen LogP contribution in [0.2, 0.25) is 0 Å².